The van der Waals surface area contributed by atoms with E-state index in [0.717, 1.165) is 44.9 Å². The molecule has 0 aliphatic carbocycles. The van der Waals surface area contributed by atoms with Crippen LogP contribution >= 0.6 is 0 Å². The minimum absolute atomic E-state index is 0.0196. The number of piperazine rings is 1. The first-order valence-electron chi connectivity index (χ1n) is 10.8. The fourth-order valence-corrected chi connectivity index (χ4v) is 4.99. The first kappa shape index (κ1) is 20.1. The maximum Gasteiger partial charge on any atom is 0.225 e. The van der Waals surface area contributed by atoms with E-state index in [4.69, 9.17) is 4.74 Å². The molecule has 0 aromatic rings. The zero-order valence-electron chi connectivity index (χ0n) is 17.4. The lowest BCUT2D eigenvalue weighted by molar-refractivity contribution is -0.152. The lowest BCUT2D eigenvalue weighted by atomic mass is 9.81. The van der Waals surface area contributed by atoms with Crippen LogP contribution in [0.2, 0.25) is 0 Å². The predicted octanol–water partition coefficient (Wildman–Crippen LogP) is 2.46. The predicted molar refractivity (Wildman–Crippen MR) is 105 cm³/mol. The SMILES string of the molecule is CC(C)CN1CCN(C2CCOC3(CCN(C(=O)C(C)C)CC3)C2)CC1. The van der Waals surface area contributed by atoms with Gasteiger partial charge in [-0.05, 0) is 31.6 Å². The quantitative estimate of drug-likeness (QED) is 0.767. The molecule has 0 saturated carbocycles. The number of hydrogen-bond donors (Lipinski definition) is 0. The highest BCUT2D eigenvalue weighted by molar-refractivity contribution is 5.78. The Morgan fingerprint density at radius 3 is 2.27 bits per heavy atom. The van der Waals surface area contributed by atoms with Crippen molar-refractivity contribution >= 4 is 5.91 Å². The molecule has 26 heavy (non-hydrogen) atoms. The molecular formula is C21H39N3O2. The Balaban J connectivity index is 1.50. The number of nitrogens with zero attached hydrogens (tertiary/aromatic N) is 3. The van der Waals surface area contributed by atoms with Gasteiger partial charge in [-0.25, -0.2) is 0 Å². The van der Waals surface area contributed by atoms with Gasteiger partial charge in [-0.15, -0.1) is 0 Å². The van der Waals surface area contributed by atoms with Crippen molar-refractivity contribution in [3.05, 3.63) is 0 Å². The van der Waals surface area contributed by atoms with Crippen LogP contribution in [0.15, 0.2) is 0 Å². The van der Waals surface area contributed by atoms with E-state index >= 15 is 0 Å². The van der Waals surface area contributed by atoms with E-state index in [1.54, 1.807) is 0 Å². The minimum Gasteiger partial charge on any atom is -0.375 e. The summed E-state index contributed by atoms with van der Waals surface area (Å²) in [6.45, 7) is 17.3. The van der Waals surface area contributed by atoms with Gasteiger partial charge >= 0.3 is 0 Å². The third-order valence-corrected chi connectivity index (χ3v) is 6.49. The minimum atomic E-state index is 0.0196. The third kappa shape index (κ3) is 4.79. The summed E-state index contributed by atoms with van der Waals surface area (Å²) in [4.78, 5) is 19.6. The molecule has 3 fully saturated rings. The van der Waals surface area contributed by atoms with Crippen LogP contribution < -0.4 is 0 Å². The topological polar surface area (TPSA) is 36.0 Å². The Kier molecular flexibility index (Phi) is 6.63. The fourth-order valence-electron chi connectivity index (χ4n) is 4.99. The second kappa shape index (κ2) is 8.57. The molecule has 0 aromatic heterocycles. The number of ether oxygens (including phenoxy) is 1. The number of amides is 1. The molecule has 3 rings (SSSR count). The zero-order valence-corrected chi connectivity index (χ0v) is 17.4. The lowest BCUT2D eigenvalue weighted by Gasteiger charge is -2.50. The monoisotopic (exact) mass is 365 g/mol. The summed E-state index contributed by atoms with van der Waals surface area (Å²) in [6.07, 6.45) is 4.34. The van der Waals surface area contributed by atoms with Crippen molar-refractivity contribution in [3.63, 3.8) is 0 Å². The first-order valence-corrected chi connectivity index (χ1v) is 10.8. The summed E-state index contributed by atoms with van der Waals surface area (Å²) in [5.41, 5.74) is 0.0196. The molecule has 0 aromatic carbocycles. The molecule has 5 nitrogen and oxygen atoms in total. The van der Waals surface area contributed by atoms with E-state index in [1.165, 1.54) is 39.1 Å². The summed E-state index contributed by atoms with van der Waals surface area (Å²) in [5.74, 6) is 1.16. The number of carbonyl (C=O) groups is 1. The van der Waals surface area contributed by atoms with Gasteiger partial charge in [-0.2, -0.15) is 0 Å². The van der Waals surface area contributed by atoms with Crippen molar-refractivity contribution in [1.29, 1.82) is 0 Å². The smallest absolute Gasteiger partial charge is 0.225 e. The van der Waals surface area contributed by atoms with Gasteiger partial charge in [0.25, 0.3) is 0 Å². The standard InChI is InChI=1S/C21H39N3O2/c1-17(2)16-22-10-12-23(13-11-22)19-5-14-26-21(15-19)6-8-24(9-7-21)20(25)18(3)4/h17-19H,5-16H2,1-4H3. The Morgan fingerprint density at radius 1 is 1.04 bits per heavy atom. The van der Waals surface area contributed by atoms with Gasteiger partial charge in [0.1, 0.15) is 0 Å². The largest absolute Gasteiger partial charge is 0.375 e. The number of carbonyl (C=O) groups excluding carboxylic acids is 1. The summed E-state index contributed by atoms with van der Waals surface area (Å²) in [5, 5.41) is 0. The molecule has 3 heterocycles. The van der Waals surface area contributed by atoms with Crippen molar-refractivity contribution in [2.45, 2.75) is 65.0 Å². The summed E-state index contributed by atoms with van der Waals surface area (Å²) < 4.78 is 6.31. The van der Waals surface area contributed by atoms with E-state index in [2.05, 4.69) is 23.6 Å². The van der Waals surface area contributed by atoms with Gasteiger partial charge in [0.2, 0.25) is 5.91 Å². The van der Waals surface area contributed by atoms with Gasteiger partial charge in [-0.1, -0.05) is 27.7 Å². The average molecular weight is 366 g/mol. The van der Waals surface area contributed by atoms with Crippen LogP contribution in [0.25, 0.3) is 0 Å². The maximum absolute atomic E-state index is 12.3. The molecular weight excluding hydrogens is 326 g/mol. The van der Waals surface area contributed by atoms with E-state index in [0.29, 0.717) is 11.9 Å². The Labute approximate surface area is 160 Å². The molecule has 0 bridgehead atoms. The molecule has 3 aliphatic rings. The van der Waals surface area contributed by atoms with Crippen LogP contribution in [-0.4, -0.2) is 84.7 Å². The van der Waals surface area contributed by atoms with E-state index in [9.17, 15) is 4.79 Å². The van der Waals surface area contributed by atoms with Crippen molar-refractivity contribution in [3.8, 4) is 0 Å². The van der Waals surface area contributed by atoms with Crippen LogP contribution in [0.4, 0.5) is 0 Å². The van der Waals surface area contributed by atoms with Crippen molar-refractivity contribution in [1.82, 2.24) is 14.7 Å². The summed E-state index contributed by atoms with van der Waals surface area (Å²) >= 11 is 0. The molecule has 1 amide bonds. The Morgan fingerprint density at radius 2 is 1.69 bits per heavy atom. The second-order valence-electron chi connectivity index (χ2n) is 9.39. The Hall–Kier alpha value is -0.650. The number of rotatable bonds is 4. The molecule has 3 saturated heterocycles. The fraction of sp³-hybridized carbons (Fsp3) is 0.952. The summed E-state index contributed by atoms with van der Waals surface area (Å²) in [7, 11) is 0. The van der Waals surface area contributed by atoms with Crippen molar-refractivity contribution in [2.75, 3.05) is 52.4 Å². The first-order chi connectivity index (χ1) is 12.4. The highest BCUT2D eigenvalue weighted by atomic mass is 16.5. The van der Waals surface area contributed by atoms with Gasteiger partial charge in [0.15, 0.2) is 0 Å². The highest BCUT2D eigenvalue weighted by Crippen LogP contribution is 2.37. The number of likely N-dealkylation sites (tertiary alicyclic amines) is 1. The number of piperidine rings is 1. The molecule has 3 aliphatic heterocycles. The van der Waals surface area contributed by atoms with Gasteiger partial charge in [0.05, 0.1) is 5.60 Å². The molecule has 0 radical (unpaired) electrons. The van der Waals surface area contributed by atoms with Crippen molar-refractivity contribution < 1.29 is 9.53 Å². The second-order valence-corrected chi connectivity index (χ2v) is 9.39. The lowest BCUT2D eigenvalue weighted by Crippen LogP contribution is -2.57. The highest BCUT2D eigenvalue weighted by Gasteiger charge is 2.43. The van der Waals surface area contributed by atoms with Gasteiger partial charge in [-0.3, -0.25) is 9.69 Å². The summed E-state index contributed by atoms with van der Waals surface area (Å²) in [6, 6.07) is 0.664. The Bertz CT molecular complexity index is 464. The molecule has 1 spiro atoms. The third-order valence-electron chi connectivity index (χ3n) is 6.49. The molecule has 1 unspecified atom stereocenters. The van der Waals surface area contributed by atoms with Gasteiger partial charge in [0, 0.05) is 64.4 Å². The van der Waals surface area contributed by atoms with Crippen LogP contribution in [-0.2, 0) is 9.53 Å². The van der Waals surface area contributed by atoms with Crippen LogP contribution in [0.5, 0.6) is 0 Å². The molecule has 1 atom stereocenters. The van der Waals surface area contributed by atoms with Crippen molar-refractivity contribution in [2.24, 2.45) is 11.8 Å². The normalized spacial score (nSPS) is 28.2. The molecule has 5 heteroatoms. The average Bonchev–Trinajstić information content (AvgIpc) is 2.62. The van der Waals surface area contributed by atoms with E-state index < -0.39 is 0 Å². The van der Waals surface area contributed by atoms with Crippen LogP contribution in [0, 0.1) is 11.8 Å². The zero-order chi connectivity index (χ0) is 18.7. The van der Waals surface area contributed by atoms with Crippen LogP contribution in [0.1, 0.15) is 53.4 Å². The van der Waals surface area contributed by atoms with E-state index in [1.807, 2.05) is 18.7 Å². The number of hydrogen-bond acceptors (Lipinski definition) is 4. The van der Waals surface area contributed by atoms with Gasteiger partial charge < -0.3 is 14.5 Å². The van der Waals surface area contributed by atoms with E-state index in [-0.39, 0.29) is 11.5 Å². The molecule has 150 valence electrons. The maximum atomic E-state index is 12.3. The van der Waals surface area contributed by atoms with Crippen LogP contribution in [0.3, 0.4) is 0 Å². The molecule has 0 N–H and O–H groups in total.